The van der Waals surface area contributed by atoms with Crippen LogP contribution in [0.15, 0.2) is 4.90 Å². The van der Waals surface area contributed by atoms with Crippen LogP contribution in [0.4, 0.5) is 5.82 Å². The molecule has 0 aromatic carbocycles. The van der Waals surface area contributed by atoms with Crippen molar-refractivity contribution >= 4 is 15.8 Å². The molecule has 18 heavy (non-hydrogen) atoms. The van der Waals surface area contributed by atoms with E-state index in [2.05, 4.69) is 9.82 Å². The fourth-order valence-electron chi connectivity index (χ4n) is 1.92. The van der Waals surface area contributed by atoms with E-state index in [0.717, 1.165) is 19.3 Å². The summed E-state index contributed by atoms with van der Waals surface area (Å²) in [5.41, 5.74) is 6.22. The molecule has 1 heterocycles. The van der Waals surface area contributed by atoms with E-state index >= 15 is 0 Å². The molecule has 0 radical (unpaired) electrons. The van der Waals surface area contributed by atoms with E-state index in [-0.39, 0.29) is 16.8 Å². The van der Waals surface area contributed by atoms with Gasteiger partial charge in [-0.15, -0.1) is 0 Å². The summed E-state index contributed by atoms with van der Waals surface area (Å²) < 4.78 is 28.7. The lowest BCUT2D eigenvalue weighted by molar-refractivity contribution is 0.512. The number of nitrogens with one attached hydrogen (secondary N) is 1. The van der Waals surface area contributed by atoms with Gasteiger partial charge in [-0.25, -0.2) is 13.1 Å². The maximum atomic E-state index is 12.3. The van der Waals surface area contributed by atoms with Gasteiger partial charge in [0.15, 0.2) is 5.82 Å². The minimum absolute atomic E-state index is 0.0499. The third-order valence-corrected chi connectivity index (χ3v) is 4.71. The number of rotatable bonds is 6. The second-order valence-corrected chi connectivity index (χ2v) is 6.09. The Morgan fingerprint density at radius 3 is 2.44 bits per heavy atom. The van der Waals surface area contributed by atoms with E-state index in [4.69, 9.17) is 5.73 Å². The van der Waals surface area contributed by atoms with Crippen LogP contribution in [0.5, 0.6) is 0 Å². The van der Waals surface area contributed by atoms with Crippen LogP contribution in [0.2, 0.25) is 0 Å². The molecule has 7 heteroatoms. The Hall–Kier alpha value is -1.08. The lowest BCUT2D eigenvalue weighted by Crippen LogP contribution is -2.34. The van der Waals surface area contributed by atoms with Gasteiger partial charge in [-0.2, -0.15) is 5.10 Å². The maximum absolute atomic E-state index is 12.3. The molecule has 1 atom stereocenters. The molecule has 104 valence electrons. The van der Waals surface area contributed by atoms with Gasteiger partial charge in [0.2, 0.25) is 10.0 Å². The van der Waals surface area contributed by atoms with E-state index < -0.39 is 10.0 Å². The Bertz CT molecular complexity index is 507. The highest BCUT2D eigenvalue weighted by atomic mass is 32.2. The SMILES string of the molecule is CCCC(CC)NS(=O)(=O)c1c(N)nn(C)c1C. The van der Waals surface area contributed by atoms with Gasteiger partial charge in [-0.1, -0.05) is 20.3 Å². The van der Waals surface area contributed by atoms with Gasteiger partial charge >= 0.3 is 0 Å². The van der Waals surface area contributed by atoms with Crippen LogP contribution in [0.25, 0.3) is 0 Å². The number of anilines is 1. The van der Waals surface area contributed by atoms with Gasteiger partial charge in [0, 0.05) is 13.1 Å². The van der Waals surface area contributed by atoms with Crippen molar-refractivity contribution in [2.24, 2.45) is 7.05 Å². The van der Waals surface area contributed by atoms with Crippen LogP contribution >= 0.6 is 0 Å². The smallest absolute Gasteiger partial charge is 0.246 e. The third-order valence-electron chi connectivity index (χ3n) is 3.02. The number of hydrogen-bond acceptors (Lipinski definition) is 4. The molecule has 3 N–H and O–H groups in total. The average molecular weight is 274 g/mol. The highest BCUT2D eigenvalue weighted by Gasteiger charge is 2.26. The van der Waals surface area contributed by atoms with E-state index in [1.54, 1.807) is 14.0 Å². The van der Waals surface area contributed by atoms with Crippen LogP contribution < -0.4 is 10.5 Å². The summed E-state index contributed by atoms with van der Waals surface area (Å²) >= 11 is 0. The van der Waals surface area contributed by atoms with E-state index in [1.807, 2.05) is 13.8 Å². The van der Waals surface area contributed by atoms with Crippen LogP contribution in [0.3, 0.4) is 0 Å². The average Bonchev–Trinajstić information content (AvgIpc) is 2.52. The van der Waals surface area contributed by atoms with Crippen molar-refractivity contribution in [3.63, 3.8) is 0 Å². The number of hydrogen-bond donors (Lipinski definition) is 2. The van der Waals surface area contributed by atoms with Gasteiger partial charge in [0.05, 0.1) is 5.69 Å². The van der Waals surface area contributed by atoms with E-state index in [9.17, 15) is 8.42 Å². The largest absolute Gasteiger partial charge is 0.381 e. The standard InChI is InChI=1S/C11H22N4O2S/c1-5-7-9(6-2)14-18(16,17)10-8(3)15(4)13-11(10)12/h9,14H,5-7H2,1-4H3,(H2,12,13). The number of sulfonamides is 1. The first-order valence-electron chi connectivity index (χ1n) is 6.14. The zero-order chi connectivity index (χ0) is 13.9. The Morgan fingerprint density at radius 1 is 1.44 bits per heavy atom. The number of nitrogens with two attached hydrogens (primary N) is 1. The Balaban J connectivity index is 3.06. The molecule has 0 amide bonds. The summed E-state index contributed by atoms with van der Waals surface area (Å²) in [5, 5.41) is 3.93. The summed E-state index contributed by atoms with van der Waals surface area (Å²) in [6, 6.07) is -0.0565. The number of nitrogen functional groups attached to an aromatic ring is 1. The Kier molecular flexibility index (Phi) is 4.75. The Morgan fingerprint density at radius 2 is 2.06 bits per heavy atom. The quantitative estimate of drug-likeness (QED) is 0.814. The van der Waals surface area contributed by atoms with Crippen LogP contribution in [0, 0.1) is 6.92 Å². The summed E-state index contributed by atoms with van der Waals surface area (Å²) in [6.07, 6.45) is 2.50. The first-order chi connectivity index (χ1) is 8.33. The second-order valence-electron chi connectivity index (χ2n) is 4.44. The summed E-state index contributed by atoms with van der Waals surface area (Å²) in [7, 11) is -1.92. The first kappa shape index (κ1) is 15.0. The van der Waals surface area contributed by atoms with Crippen LogP contribution in [0.1, 0.15) is 38.8 Å². The number of aryl methyl sites for hydroxylation is 1. The van der Waals surface area contributed by atoms with Crippen molar-refractivity contribution in [1.29, 1.82) is 0 Å². The van der Waals surface area contributed by atoms with Gasteiger partial charge < -0.3 is 5.73 Å². The number of aromatic nitrogens is 2. The van der Waals surface area contributed by atoms with Crippen molar-refractivity contribution in [3.8, 4) is 0 Å². The van der Waals surface area contributed by atoms with E-state index in [0.29, 0.717) is 5.69 Å². The fraction of sp³-hybridized carbons (Fsp3) is 0.727. The minimum Gasteiger partial charge on any atom is -0.381 e. The van der Waals surface area contributed by atoms with Crippen LogP contribution in [-0.4, -0.2) is 24.2 Å². The normalized spacial score (nSPS) is 13.8. The molecule has 0 saturated heterocycles. The fourth-order valence-corrected chi connectivity index (χ4v) is 3.60. The van der Waals surface area contributed by atoms with Crippen LogP contribution in [-0.2, 0) is 17.1 Å². The highest BCUT2D eigenvalue weighted by Crippen LogP contribution is 2.21. The van der Waals surface area contributed by atoms with Crippen molar-refractivity contribution in [3.05, 3.63) is 5.69 Å². The summed E-state index contributed by atoms with van der Waals surface area (Å²) in [5.74, 6) is 0.0499. The Labute approximate surface area is 109 Å². The van der Waals surface area contributed by atoms with Crippen molar-refractivity contribution in [2.45, 2.75) is 51.0 Å². The van der Waals surface area contributed by atoms with Gasteiger partial charge in [-0.05, 0) is 19.8 Å². The molecular weight excluding hydrogens is 252 g/mol. The van der Waals surface area contributed by atoms with E-state index in [1.165, 1.54) is 4.68 Å². The van der Waals surface area contributed by atoms with Gasteiger partial charge in [0.1, 0.15) is 4.90 Å². The molecule has 0 saturated carbocycles. The monoisotopic (exact) mass is 274 g/mol. The van der Waals surface area contributed by atoms with Crippen molar-refractivity contribution in [1.82, 2.24) is 14.5 Å². The molecule has 0 bridgehead atoms. The van der Waals surface area contributed by atoms with Crippen molar-refractivity contribution in [2.75, 3.05) is 5.73 Å². The maximum Gasteiger partial charge on any atom is 0.246 e. The molecule has 0 aliphatic rings. The zero-order valence-corrected chi connectivity index (χ0v) is 12.2. The predicted octanol–water partition coefficient (Wildman–Crippen LogP) is 1.17. The molecule has 1 rings (SSSR count). The van der Waals surface area contributed by atoms with Crippen molar-refractivity contribution < 1.29 is 8.42 Å². The molecule has 1 aromatic rings. The van der Waals surface area contributed by atoms with Gasteiger partial charge in [-0.3, -0.25) is 4.68 Å². The lowest BCUT2D eigenvalue weighted by atomic mass is 10.1. The molecule has 6 nitrogen and oxygen atoms in total. The van der Waals surface area contributed by atoms with Gasteiger partial charge in [0.25, 0.3) is 0 Å². The molecular formula is C11H22N4O2S. The molecule has 0 aliphatic carbocycles. The highest BCUT2D eigenvalue weighted by molar-refractivity contribution is 7.89. The molecule has 1 aromatic heterocycles. The molecule has 0 aliphatic heterocycles. The topological polar surface area (TPSA) is 90.0 Å². The minimum atomic E-state index is -3.59. The predicted molar refractivity (Wildman–Crippen MR) is 71.7 cm³/mol. The first-order valence-corrected chi connectivity index (χ1v) is 7.63. The zero-order valence-electron chi connectivity index (χ0n) is 11.4. The molecule has 1 unspecified atom stereocenters. The molecule has 0 fully saturated rings. The third kappa shape index (κ3) is 3.02. The lowest BCUT2D eigenvalue weighted by Gasteiger charge is -2.16. The second kappa shape index (κ2) is 5.71. The number of nitrogens with zero attached hydrogens (tertiary/aromatic N) is 2. The molecule has 0 spiro atoms. The summed E-state index contributed by atoms with van der Waals surface area (Å²) in [6.45, 7) is 5.68. The summed E-state index contributed by atoms with van der Waals surface area (Å²) in [4.78, 5) is 0.0968.